The van der Waals surface area contributed by atoms with Crippen LogP contribution in [-0.4, -0.2) is 15.9 Å². The first kappa shape index (κ1) is 9.78. The van der Waals surface area contributed by atoms with E-state index in [2.05, 4.69) is 5.10 Å². The molecule has 2 aromatic heterocycles. The molecule has 0 N–H and O–H groups in total. The Morgan fingerprint density at radius 2 is 1.82 bits per heavy atom. The van der Waals surface area contributed by atoms with Crippen LogP contribution in [0.5, 0.6) is 0 Å². The number of hydrogen-bond donors (Lipinski definition) is 0. The maximum atomic E-state index is 10.8. The van der Waals surface area contributed by atoms with Gasteiger partial charge < -0.3 is 0 Å². The summed E-state index contributed by atoms with van der Waals surface area (Å²) in [7, 11) is 0. The molecular weight excluding hydrogens is 212 g/mol. The largest absolute Gasteiger partial charge is 0.298 e. The minimum Gasteiger partial charge on any atom is -0.298 e. The number of hydrogen-bond acceptors (Lipinski definition) is 2. The third-order valence-electron chi connectivity index (χ3n) is 2.78. The van der Waals surface area contributed by atoms with Crippen molar-refractivity contribution in [2.24, 2.45) is 0 Å². The van der Waals surface area contributed by atoms with Crippen molar-refractivity contribution in [3.05, 3.63) is 60.4 Å². The van der Waals surface area contributed by atoms with Crippen molar-refractivity contribution < 1.29 is 4.79 Å². The molecule has 0 spiro atoms. The first-order valence-electron chi connectivity index (χ1n) is 5.36. The molecule has 3 rings (SSSR count). The van der Waals surface area contributed by atoms with Crippen molar-refractivity contribution in [2.45, 2.75) is 0 Å². The Bertz CT molecular complexity index is 671. The highest BCUT2D eigenvalue weighted by molar-refractivity contribution is 5.86. The Balaban J connectivity index is 2.18. The van der Waals surface area contributed by atoms with E-state index in [9.17, 15) is 4.79 Å². The summed E-state index contributed by atoms with van der Waals surface area (Å²) in [6.07, 6.45) is 4.33. The first-order chi connectivity index (χ1) is 8.38. The van der Waals surface area contributed by atoms with Crippen molar-refractivity contribution in [3.63, 3.8) is 0 Å². The molecule has 0 unspecified atom stereocenters. The SMILES string of the molecule is O=Cc1cnn2cc(-c3ccccc3)ccc12. The molecule has 0 saturated carbocycles. The molecular formula is C14H10N2O. The van der Waals surface area contributed by atoms with Crippen LogP contribution >= 0.6 is 0 Å². The van der Waals surface area contributed by atoms with Crippen molar-refractivity contribution in [1.82, 2.24) is 9.61 Å². The molecule has 0 atom stereocenters. The van der Waals surface area contributed by atoms with E-state index in [-0.39, 0.29) is 0 Å². The van der Waals surface area contributed by atoms with Crippen molar-refractivity contribution in [3.8, 4) is 11.1 Å². The average Bonchev–Trinajstić information content (AvgIpc) is 2.81. The highest BCUT2D eigenvalue weighted by atomic mass is 16.1. The van der Waals surface area contributed by atoms with Crippen LogP contribution in [0.3, 0.4) is 0 Å². The molecule has 82 valence electrons. The second-order valence-corrected chi connectivity index (χ2v) is 3.83. The molecule has 0 aliphatic heterocycles. The minimum absolute atomic E-state index is 0.615. The van der Waals surface area contributed by atoms with Crippen LogP contribution in [0.2, 0.25) is 0 Å². The predicted molar refractivity (Wildman–Crippen MR) is 66.0 cm³/mol. The van der Waals surface area contributed by atoms with Gasteiger partial charge in [-0.05, 0) is 11.6 Å². The van der Waals surface area contributed by atoms with Gasteiger partial charge in [-0.1, -0.05) is 36.4 Å². The van der Waals surface area contributed by atoms with E-state index >= 15 is 0 Å². The molecule has 17 heavy (non-hydrogen) atoms. The summed E-state index contributed by atoms with van der Waals surface area (Å²) < 4.78 is 1.73. The van der Waals surface area contributed by atoms with Gasteiger partial charge in [0.05, 0.1) is 17.3 Å². The summed E-state index contributed by atoms with van der Waals surface area (Å²) in [5, 5.41) is 4.16. The summed E-state index contributed by atoms with van der Waals surface area (Å²) in [4.78, 5) is 10.8. The summed E-state index contributed by atoms with van der Waals surface area (Å²) in [6, 6.07) is 14.0. The normalized spacial score (nSPS) is 10.6. The molecule has 2 heterocycles. The third kappa shape index (κ3) is 1.61. The fourth-order valence-corrected chi connectivity index (χ4v) is 1.90. The van der Waals surface area contributed by atoms with Crippen molar-refractivity contribution >= 4 is 11.8 Å². The first-order valence-corrected chi connectivity index (χ1v) is 5.36. The standard InChI is InChI=1S/C14H10N2O/c17-10-13-8-15-16-9-12(6-7-14(13)16)11-4-2-1-3-5-11/h1-10H. The highest BCUT2D eigenvalue weighted by Crippen LogP contribution is 2.20. The lowest BCUT2D eigenvalue weighted by atomic mass is 10.1. The number of aldehydes is 1. The maximum absolute atomic E-state index is 10.8. The van der Waals surface area contributed by atoms with Gasteiger partial charge in [0.15, 0.2) is 6.29 Å². The van der Waals surface area contributed by atoms with Crippen LogP contribution in [0, 0.1) is 0 Å². The predicted octanol–water partition coefficient (Wildman–Crippen LogP) is 2.81. The molecule has 0 aliphatic carbocycles. The summed E-state index contributed by atoms with van der Waals surface area (Å²) in [6.45, 7) is 0. The third-order valence-corrected chi connectivity index (χ3v) is 2.78. The molecule has 0 fully saturated rings. The van der Waals surface area contributed by atoms with Gasteiger partial charge in [0.25, 0.3) is 0 Å². The number of nitrogens with zero attached hydrogens (tertiary/aromatic N) is 2. The van der Waals surface area contributed by atoms with Gasteiger partial charge in [0.2, 0.25) is 0 Å². The van der Waals surface area contributed by atoms with Gasteiger partial charge in [0.1, 0.15) is 0 Å². The molecule has 3 nitrogen and oxygen atoms in total. The van der Waals surface area contributed by atoms with Gasteiger partial charge in [-0.15, -0.1) is 0 Å². The Labute approximate surface area is 98.3 Å². The van der Waals surface area contributed by atoms with Gasteiger partial charge in [-0.25, -0.2) is 4.52 Å². The van der Waals surface area contributed by atoms with E-state index in [1.165, 1.54) is 0 Å². The number of carbonyl (C=O) groups is 1. The smallest absolute Gasteiger partial charge is 0.153 e. The maximum Gasteiger partial charge on any atom is 0.153 e. The van der Waals surface area contributed by atoms with Crippen LogP contribution in [0.25, 0.3) is 16.6 Å². The molecule has 0 bridgehead atoms. The topological polar surface area (TPSA) is 34.4 Å². The zero-order valence-corrected chi connectivity index (χ0v) is 9.08. The number of fused-ring (bicyclic) bond motifs is 1. The monoisotopic (exact) mass is 222 g/mol. The number of rotatable bonds is 2. The number of aromatic nitrogens is 2. The summed E-state index contributed by atoms with van der Waals surface area (Å²) in [5.74, 6) is 0. The molecule has 3 aromatic rings. The van der Waals surface area contributed by atoms with E-state index in [4.69, 9.17) is 0 Å². The van der Waals surface area contributed by atoms with Crippen LogP contribution < -0.4 is 0 Å². The summed E-state index contributed by atoms with van der Waals surface area (Å²) >= 11 is 0. The Kier molecular flexibility index (Phi) is 2.22. The van der Waals surface area contributed by atoms with Gasteiger partial charge in [-0.3, -0.25) is 4.79 Å². The second-order valence-electron chi connectivity index (χ2n) is 3.83. The van der Waals surface area contributed by atoms with Gasteiger partial charge >= 0.3 is 0 Å². The fraction of sp³-hybridized carbons (Fsp3) is 0. The lowest BCUT2D eigenvalue weighted by Crippen LogP contribution is -1.88. The van der Waals surface area contributed by atoms with E-state index in [1.54, 1.807) is 10.7 Å². The second kappa shape index (κ2) is 3.87. The quantitative estimate of drug-likeness (QED) is 0.625. The summed E-state index contributed by atoms with van der Waals surface area (Å²) in [5.41, 5.74) is 3.67. The van der Waals surface area contributed by atoms with Crippen molar-refractivity contribution in [1.29, 1.82) is 0 Å². The molecule has 0 saturated heterocycles. The van der Waals surface area contributed by atoms with Crippen molar-refractivity contribution in [2.75, 3.05) is 0 Å². The Morgan fingerprint density at radius 3 is 2.59 bits per heavy atom. The van der Waals surface area contributed by atoms with E-state index in [0.717, 1.165) is 22.9 Å². The fourth-order valence-electron chi connectivity index (χ4n) is 1.90. The number of benzene rings is 1. The zero-order valence-electron chi connectivity index (χ0n) is 9.08. The van der Waals surface area contributed by atoms with E-state index in [0.29, 0.717) is 5.56 Å². The van der Waals surface area contributed by atoms with Crippen LogP contribution in [-0.2, 0) is 0 Å². The van der Waals surface area contributed by atoms with E-state index < -0.39 is 0 Å². The molecule has 3 heteroatoms. The van der Waals surface area contributed by atoms with Gasteiger partial charge in [-0.2, -0.15) is 5.10 Å². The number of carbonyl (C=O) groups excluding carboxylic acids is 1. The van der Waals surface area contributed by atoms with Gasteiger partial charge in [0, 0.05) is 11.8 Å². The minimum atomic E-state index is 0.615. The Morgan fingerprint density at radius 1 is 1.00 bits per heavy atom. The molecule has 0 radical (unpaired) electrons. The lowest BCUT2D eigenvalue weighted by Gasteiger charge is -2.02. The Hall–Kier alpha value is -2.42. The zero-order chi connectivity index (χ0) is 11.7. The molecule has 0 aliphatic rings. The van der Waals surface area contributed by atoms with Crippen LogP contribution in [0.4, 0.5) is 0 Å². The average molecular weight is 222 g/mol. The molecule has 0 amide bonds. The van der Waals surface area contributed by atoms with Crippen LogP contribution in [0.1, 0.15) is 10.4 Å². The van der Waals surface area contributed by atoms with E-state index in [1.807, 2.05) is 48.7 Å². The van der Waals surface area contributed by atoms with Crippen LogP contribution in [0.15, 0.2) is 54.9 Å². The number of pyridine rings is 1. The molecule has 1 aromatic carbocycles. The lowest BCUT2D eigenvalue weighted by molar-refractivity contribution is 0.112. The highest BCUT2D eigenvalue weighted by Gasteiger charge is 2.04.